The van der Waals surface area contributed by atoms with Crippen molar-refractivity contribution in [3.63, 3.8) is 0 Å². The van der Waals surface area contributed by atoms with Crippen LogP contribution in [0.25, 0.3) is 0 Å². The first-order valence-electron chi connectivity index (χ1n) is 5.19. The summed E-state index contributed by atoms with van der Waals surface area (Å²) in [5.74, 6) is -2.12. The number of aliphatic hydroxyl groups excluding tert-OH is 1. The van der Waals surface area contributed by atoms with Gasteiger partial charge in [0.25, 0.3) is 0 Å². The maximum atomic E-state index is 11.1. The molecular weight excluding hydrogens is 263 g/mol. The summed E-state index contributed by atoms with van der Waals surface area (Å²) in [6.45, 7) is 3.49. The Labute approximate surface area is 110 Å². The Balaban J connectivity index is 3.09. The van der Waals surface area contributed by atoms with Crippen LogP contribution in [-0.4, -0.2) is 16.2 Å². The highest BCUT2D eigenvalue weighted by atomic mass is 35.5. The van der Waals surface area contributed by atoms with Crippen LogP contribution in [0.2, 0.25) is 10.0 Å². The minimum absolute atomic E-state index is 0.194. The predicted molar refractivity (Wildman–Crippen MR) is 67.4 cm³/mol. The van der Waals surface area contributed by atoms with Gasteiger partial charge in [-0.15, -0.1) is 0 Å². The third-order valence-corrected chi connectivity index (χ3v) is 3.01. The molecular formula is C12H14Cl2O3. The molecule has 2 N–H and O–H groups in total. The predicted octanol–water partition coefficient (Wildman–Crippen LogP) is 3.38. The van der Waals surface area contributed by atoms with Crippen LogP contribution < -0.4 is 0 Å². The molecule has 0 radical (unpaired) electrons. The molecule has 3 nitrogen and oxygen atoms in total. The molecule has 0 aliphatic carbocycles. The molecule has 2 atom stereocenters. The number of rotatable bonds is 4. The second-order valence-electron chi connectivity index (χ2n) is 4.26. The SMILES string of the molecule is CC(C)C(C(=O)O)C(O)c1cc(Cl)cc(Cl)c1. The summed E-state index contributed by atoms with van der Waals surface area (Å²) >= 11 is 11.6. The lowest BCUT2D eigenvalue weighted by Gasteiger charge is -2.23. The topological polar surface area (TPSA) is 57.5 Å². The van der Waals surface area contributed by atoms with Crippen molar-refractivity contribution in [3.8, 4) is 0 Å². The molecule has 0 aliphatic heterocycles. The van der Waals surface area contributed by atoms with E-state index in [1.807, 2.05) is 0 Å². The van der Waals surface area contributed by atoms with Crippen LogP contribution in [0.1, 0.15) is 25.5 Å². The van der Waals surface area contributed by atoms with E-state index in [0.717, 1.165) is 0 Å². The molecule has 0 aliphatic rings. The highest BCUT2D eigenvalue weighted by Gasteiger charge is 2.31. The smallest absolute Gasteiger partial charge is 0.309 e. The number of carboxylic acids is 1. The van der Waals surface area contributed by atoms with Crippen LogP contribution in [0.4, 0.5) is 0 Å². The largest absolute Gasteiger partial charge is 0.481 e. The van der Waals surface area contributed by atoms with Crippen molar-refractivity contribution in [2.75, 3.05) is 0 Å². The number of carbonyl (C=O) groups is 1. The molecule has 1 rings (SSSR count). The van der Waals surface area contributed by atoms with Gasteiger partial charge in [0, 0.05) is 10.0 Å². The molecule has 0 fully saturated rings. The van der Waals surface area contributed by atoms with Crippen LogP contribution in [-0.2, 0) is 4.79 Å². The minimum atomic E-state index is -1.12. The first-order chi connectivity index (χ1) is 7.82. The van der Waals surface area contributed by atoms with E-state index in [1.54, 1.807) is 13.8 Å². The number of aliphatic carboxylic acids is 1. The normalized spacial score (nSPS) is 14.7. The molecule has 0 spiro atoms. The summed E-state index contributed by atoms with van der Waals surface area (Å²) in [6.07, 6.45) is -1.12. The fraction of sp³-hybridized carbons (Fsp3) is 0.417. The van der Waals surface area contributed by atoms with E-state index in [0.29, 0.717) is 15.6 Å². The molecule has 5 heteroatoms. The average Bonchev–Trinajstić information content (AvgIpc) is 2.14. The average molecular weight is 277 g/mol. The van der Waals surface area contributed by atoms with E-state index in [1.165, 1.54) is 18.2 Å². The number of benzene rings is 1. The first-order valence-corrected chi connectivity index (χ1v) is 5.95. The Hall–Kier alpha value is -0.770. The maximum absolute atomic E-state index is 11.1. The molecule has 1 aromatic rings. The van der Waals surface area contributed by atoms with E-state index < -0.39 is 18.0 Å². The van der Waals surface area contributed by atoms with Gasteiger partial charge < -0.3 is 10.2 Å². The van der Waals surface area contributed by atoms with Gasteiger partial charge in [0.1, 0.15) is 0 Å². The zero-order valence-electron chi connectivity index (χ0n) is 9.52. The minimum Gasteiger partial charge on any atom is -0.481 e. The second-order valence-corrected chi connectivity index (χ2v) is 5.13. The molecule has 94 valence electrons. The quantitative estimate of drug-likeness (QED) is 0.886. The van der Waals surface area contributed by atoms with Gasteiger partial charge in [-0.2, -0.15) is 0 Å². The lowest BCUT2D eigenvalue weighted by Crippen LogP contribution is -2.26. The molecule has 1 aromatic carbocycles. The Morgan fingerprint density at radius 2 is 1.65 bits per heavy atom. The van der Waals surface area contributed by atoms with E-state index in [9.17, 15) is 9.90 Å². The van der Waals surface area contributed by atoms with Crippen molar-refractivity contribution in [1.29, 1.82) is 0 Å². The summed E-state index contributed by atoms with van der Waals surface area (Å²) in [6, 6.07) is 4.58. The fourth-order valence-electron chi connectivity index (χ4n) is 1.74. The maximum Gasteiger partial charge on any atom is 0.309 e. The van der Waals surface area contributed by atoms with Gasteiger partial charge in [-0.05, 0) is 29.7 Å². The van der Waals surface area contributed by atoms with Crippen molar-refractivity contribution in [2.45, 2.75) is 20.0 Å². The second kappa shape index (κ2) is 5.71. The summed E-state index contributed by atoms with van der Waals surface area (Å²) in [5.41, 5.74) is 0.420. The molecule has 17 heavy (non-hydrogen) atoms. The number of hydrogen-bond acceptors (Lipinski definition) is 2. The van der Waals surface area contributed by atoms with Crippen LogP contribution >= 0.6 is 23.2 Å². The Morgan fingerprint density at radius 1 is 1.18 bits per heavy atom. The standard InChI is InChI=1S/C12H14Cl2O3/c1-6(2)10(12(16)17)11(15)7-3-8(13)5-9(14)4-7/h3-6,10-11,15H,1-2H3,(H,16,17). The van der Waals surface area contributed by atoms with Crippen molar-refractivity contribution >= 4 is 29.2 Å². The Kier molecular flexibility index (Phi) is 4.80. The van der Waals surface area contributed by atoms with Gasteiger partial charge in [0.15, 0.2) is 0 Å². The zero-order valence-corrected chi connectivity index (χ0v) is 11.0. The third-order valence-electron chi connectivity index (χ3n) is 2.57. The fourth-order valence-corrected chi connectivity index (χ4v) is 2.28. The van der Waals surface area contributed by atoms with Gasteiger partial charge in [-0.25, -0.2) is 0 Å². The molecule has 0 amide bonds. The highest BCUT2D eigenvalue weighted by molar-refractivity contribution is 6.34. The lowest BCUT2D eigenvalue weighted by molar-refractivity contribution is -0.148. The number of hydrogen-bond donors (Lipinski definition) is 2. The van der Waals surface area contributed by atoms with Gasteiger partial charge in [-0.1, -0.05) is 37.0 Å². The highest BCUT2D eigenvalue weighted by Crippen LogP contribution is 2.31. The molecule has 0 saturated heterocycles. The van der Waals surface area contributed by atoms with Crippen molar-refractivity contribution < 1.29 is 15.0 Å². The molecule has 2 unspecified atom stereocenters. The van der Waals surface area contributed by atoms with Crippen molar-refractivity contribution in [3.05, 3.63) is 33.8 Å². The Morgan fingerprint density at radius 3 is 2.00 bits per heavy atom. The van der Waals surface area contributed by atoms with Gasteiger partial charge in [0.2, 0.25) is 0 Å². The lowest BCUT2D eigenvalue weighted by atomic mass is 9.86. The third kappa shape index (κ3) is 3.60. The summed E-state index contributed by atoms with van der Waals surface area (Å²) < 4.78 is 0. The van der Waals surface area contributed by atoms with Crippen molar-refractivity contribution in [1.82, 2.24) is 0 Å². The van der Waals surface area contributed by atoms with Crippen LogP contribution in [0.5, 0.6) is 0 Å². The molecule has 0 heterocycles. The van der Waals surface area contributed by atoms with Gasteiger partial charge in [0.05, 0.1) is 12.0 Å². The van der Waals surface area contributed by atoms with Crippen LogP contribution in [0.3, 0.4) is 0 Å². The number of halogens is 2. The zero-order chi connectivity index (χ0) is 13.2. The number of carboxylic acid groups (broad SMARTS) is 1. The first kappa shape index (κ1) is 14.3. The monoisotopic (exact) mass is 276 g/mol. The van der Waals surface area contributed by atoms with E-state index in [4.69, 9.17) is 28.3 Å². The van der Waals surface area contributed by atoms with Crippen molar-refractivity contribution in [2.24, 2.45) is 11.8 Å². The Bertz CT molecular complexity index is 398. The van der Waals surface area contributed by atoms with E-state index in [2.05, 4.69) is 0 Å². The van der Waals surface area contributed by atoms with Crippen LogP contribution in [0, 0.1) is 11.8 Å². The van der Waals surface area contributed by atoms with E-state index in [-0.39, 0.29) is 5.92 Å². The summed E-state index contributed by atoms with van der Waals surface area (Å²) in [4.78, 5) is 11.1. The van der Waals surface area contributed by atoms with Gasteiger partial charge >= 0.3 is 5.97 Å². The van der Waals surface area contributed by atoms with Gasteiger partial charge in [-0.3, -0.25) is 4.79 Å². The molecule has 0 saturated carbocycles. The molecule has 0 bridgehead atoms. The molecule has 0 aromatic heterocycles. The number of aliphatic hydroxyl groups is 1. The summed E-state index contributed by atoms with van der Waals surface area (Å²) in [5, 5.41) is 19.9. The summed E-state index contributed by atoms with van der Waals surface area (Å²) in [7, 11) is 0. The van der Waals surface area contributed by atoms with Crippen LogP contribution in [0.15, 0.2) is 18.2 Å². The van der Waals surface area contributed by atoms with E-state index >= 15 is 0 Å².